The van der Waals surface area contributed by atoms with Gasteiger partial charge in [-0.2, -0.15) is 0 Å². The van der Waals surface area contributed by atoms with Crippen LogP contribution in [0.15, 0.2) is 59.7 Å². The monoisotopic (exact) mass is 452 g/mol. The molecule has 0 unspecified atom stereocenters. The van der Waals surface area contributed by atoms with Gasteiger partial charge in [-0.15, -0.1) is 24.0 Å². The molecule has 0 aliphatic carbocycles. The fourth-order valence-electron chi connectivity index (χ4n) is 2.88. The van der Waals surface area contributed by atoms with E-state index < -0.39 is 0 Å². The Morgan fingerprint density at radius 3 is 2.52 bits per heavy atom. The van der Waals surface area contributed by atoms with Gasteiger partial charge in [-0.1, -0.05) is 24.3 Å². The van der Waals surface area contributed by atoms with E-state index in [9.17, 15) is 0 Å². The van der Waals surface area contributed by atoms with Crippen molar-refractivity contribution in [2.45, 2.75) is 25.5 Å². The van der Waals surface area contributed by atoms with Crippen molar-refractivity contribution >= 4 is 29.9 Å². The molecule has 1 fully saturated rings. The summed E-state index contributed by atoms with van der Waals surface area (Å²) in [6.45, 7) is 2.58. The molecule has 134 valence electrons. The van der Waals surface area contributed by atoms with Crippen LogP contribution in [0, 0.1) is 0 Å². The maximum Gasteiger partial charge on any atom is 0.193 e. The number of halogens is 1. The highest BCUT2D eigenvalue weighted by Crippen LogP contribution is 2.18. The molecule has 0 bridgehead atoms. The molecule has 25 heavy (non-hydrogen) atoms. The Balaban J connectivity index is 0.00000225. The van der Waals surface area contributed by atoms with Gasteiger partial charge in [0.25, 0.3) is 0 Å². The minimum atomic E-state index is 0. The van der Waals surface area contributed by atoms with E-state index in [0.717, 1.165) is 43.3 Å². The van der Waals surface area contributed by atoms with Crippen LogP contribution in [-0.2, 0) is 6.54 Å². The molecular weight excluding hydrogens is 427 g/mol. The summed E-state index contributed by atoms with van der Waals surface area (Å²) in [5.74, 6) is 1.88. The number of nitrogens with zero attached hydrogens (tertiary/aromatic N) is 3. The van der Waals surface area contributed by atoms with Gasteiger partial charge in [0, 0.05) is 39.2 Å². The number of aliphatic imine (C=N–C) groups is 1. The van der Waals surface area contributed by atoms with Crippen LogP contribution in [-0.4, -0.2) is 42.1 Å². The average Bonchev–Trinajstić information content (AvgIpc) is 2.65. The third kappa shape index (κ3) is 5.88. The number of para-hydroxylation sites is 1. The molecule has 0 amide bonds. The van der Waals surface area contributed by atoms with E-state index in [2.05, 4.69) is 20.2 Å². The Kier molecular flexibility index (Phi) is 7.97. The second-order valence-electron chi connectivity index (χ2n) is 5.84. The van der Waals surface area contributed by atoms with E-state index in [4.69, 9.17) is 4.74 Å². The van der Waals surface area contributed by atoms with E-state index in [1.165, 1.54) is 0 Å². The minimum Gasteiger partial charge on any atom is -0.490 e. The molecule has 2 aromatic rings. The number of aromatic nitrogens is 1. The van der Waals surface area contributed by atoms with Crippen molar-refractivity contribution < 1.29 is 4.74 Å². The molecule has 0 radical (unpaired) electrons. The molecule has 1 N–H and O–H groups in total. The fourth-order valence-corrected chi connectivity index (χ4v) is 2.88. The van der Waals surface area contributed by atoms with Crippen molar-refractivity contribution in [3.05, 3.63) is 60.4 Å². The summed E-state index contributed by atoms with van der Waals surface area (Å²) in [5.41, 5.74) is 1.01. The molecule has 2 heterocycles. The van der Waals surface area contributed by atoms with Crippen molar-refractivity contribution in [2.24, 2.45) is 4.99 Å². The summed E-state index contributed by atoms with van der Waals surface area (Å²) < 4.78 is 6.05. The predicted molar refractivity (Wildman–Crippen MR) is 112 cm³/mol. The van der Waals surface area contributed by atoms with Gasteiger partial charge in [-0.25, -0.2) is 0 Å². The highest BCUT2D eigenvalue weighted by molar-refractivity contribution is 14.0. The zero-order valence-corrected chi connectivity index (χ0v) is 16.8. The number of nitrogens with one attached hydrogen (secondary N) is 1. The van der Waals surface area contributed by atoms with Crippen molar-refractivity contribution in [3.8, 4) is 5.75 Å². The summed E-state index contributed by atoms with van der Waals surface area (Å²) in [6.07, 6.45) is 4.09. The highest BCUT2D eigenvalue weighted by Gasteiger charge is 2.22. The van der Waals surface area contributed by atoms with Gasteiger partial charge in [0.1, 0.15) is 11.9 Å². The van der Waals surface area contributed by atoms with Gasteiger partial charge in [0.15, 0.2) is 5.96 Å². The van der Waals surface area contributed by atoms with E-state index >= 15 is 0 Å². The van der Waals surface area contributed by atoms with Crippen LogP contribution in [0.3, 0.4) is 0 Å². The zero-order chi connectivity index (χ0) is 16.6. The number of likely N-dealkylation sites (tertiary alicyclic amines) is 1. The smallest absolute Gasteiger partial charge is 0.193 e. The molecule has 1 aliphatic heterocycles. The maximum absolute atomic E-state index is 6.05. The molecule has 1 aromatic heterocycles. The number of pyridine rings is 1. The van der Waals surface area contributed by atoms with E-state index in [0.29, 0.717) is 6.54 Å². The van der Waals surface area contributed by atoms with E-state index in [-0.39, 0.29) is 30.1 Å². The number of guanidine groups is 1. The van der Waals surface area contributed by atoms with Gasteiger partial charge in [0.05, 0.1) is 12.2 Å². The number of piperidine rings is 1. The summed E-state index contributed by atoms with van der Waals surface area (Å²) in [6, 6.07) is 16.0. The molecule has 1 saturated heterocycles. The number of rotatable bonds is 4. The summed E-state index contributed by atoms with van der Waals surface area (Å²) in [5, 5.41) is 3.39. The highest BCUT2D eigenvalue weighted by atomic mass is 127. The third-order valence-electron chi connectivity index (χ3n) is 4.15. The average molecular weight is 452 g/mol. The number of ether oxygens (including phenoxy) is 1. The number of hydrogen-bond donors (Lipinski definition) is 1. The lowest BCUT2D eigenvalue weighted by Gasteiger charge is -2.34. The lowest BCUT2D eigenvalue weighted by molar-refractivity contribution is 0.129. The Hall–Kier alpha value is -1.83. The van der Waals surface area contributed by atoms with Crippen LogP contribution >= 0.6 is 24.0 Å². The number of benzene rings is 1. The van der Waals surface area contributed by atoms with Crippen molar-refractivity contribution in [3.63, 3.8) is 0 Å². The van der Waals surface area contributed by atoms with E-state index in [1.54, 1.807) is 0 Å². The first-order valence-electron chi connectivity index (χ1n) is 8.42. The molecule has 1 aromatic carbocycles. The molecule has 6 heteroatoms. The molecular formula is C19H25IN4O. The Morgan fingerprint density at radius 2 is 1.88 bits per heavy atom. The molecule has 1 aliphatic rings. The molecule has 0 atom stereocenters. The normalized spacial score (nSPS) is 15.4. The van der Waals surface area contributed by atoms with Crippen LogP contribution in [0.5, 0.6) is 5.75 Å². The lowest BCUT2D eigenvalue weighted by Crippen LogP contribution is -2.47. The van der Waals surface area contributed by atoms with Gasteiger partial charge in [-0.05, 0) is 24.3 Å². The van der Waals surface area contributed by atoms with Crippen molar-refractivity contribution in [2.75, 3.05) is 20.1 Å². The van der Waals surface area contributed by atoms with Gasteiger partial charge >= 0.3 is 0 Å². The first-order chi connectivity index (χ1) is 11.8. The van der Waals surface area contributed by atoms with E-state index in [1.807, 2.05) is 61.8 Å². The molecule has 5 nitrogen and oxygen atoms in total. The maximum atomic E-state index is 6.05. The largest absolute Gasteiger partial charge is 0.490 e. The zero-order valence-electron chi connectivity index (χ0n) is 14.5. The van der Waals surface area contributed by atoms with Crippen LogP contribution in [0.1, 0.15) is 18.5 Å². The first kappa shape index (κ1) is 19.5. The van der Waals surface area contributed by atoms with Crippen LogP contribution < -0.4 is 10.1 Å². The summed E-state index contributed by atoms with van der Waals surface area (Å²) >= 11 is 0. The molecule has 0 saturated carbocycles. The first-order valence-corrected chi connectivity index (χ1v) is 8.42. The Morgan fingerprint density at radius 1 is 1.16 bits per heavy atom. The topological polar surface area (TPSA) is 49.8 Å². The fraction of sp³-hybridized carbons (Fsp3) is 0.368. The van der Waals surface area contributed by atoms with Crippen LogP contribution in [0.4, 0.5) is 0 Å². The quantitative estimate of drug-likeness (QED) is 0.440. The van der Waals surface area contributed by atoms with Crippen molar-refractivity contribution in [1.82, 2.24) is 15.2 Å². The Bertz CT molecular complexity index is 643. The second-order valence-corrected chi connectivity index (χ2v) is 5.84. The third-order valence-corrected chi connectivity index (χ3v) is 4.15. The molecule has 0 spiro atoms. The lowest BCUT2D eigenvalue weighted by atomic mass is 10.1. The SMILES string of the molecule is CN=C(NCc1ccccn1)N1CCC(Oc2ccccc2)CC1.I. The summed E-state index contributed by atoms with van der Waals surface area (Å²) in [4.78, 5) is 11.0. The standard InChI is InChI=1S/C19H24N4O.HI/c1-20-19(22-15-16-7-5-6-12-21-16)23-13-10-18(11-14-23)24-17-8-3-2-4-9-17;/h2-9,12,18H,10-11,13-15H2,1H3,(H,20,22);1H. The van der Waals surface area contributed by atoms with Crippen LogP contribution in [0.2, 0.25) is 0 Å². The second kappa shape index (κ2) is 10.2. The number of hydrogen-bond acceptors (Lipinski definition) is 3. The van der Waals surface area contributed by atoms with Crippen LogP contribution in [0.25, 0.3) is 0 Å². The van der Waals surface area contributed by atoms with Gasteiger partial charge in [-0.3, -0.25) is 9.98 Å². The summed E-state index contributed by atoms with van der Waals surface area (Å²) in [7, 11) is 1.83. The molecule has 3 rings (SSSR count). The predicted octanol–water partition coefficient (Wildman–Crippen LogP) is 3.32. The van der Waals surface area contributed by atoms with Gasteiger partial charge < -0.3 is 15.0 Å². The van der Waals surface area contributed by atoms with Crippen molar-refractivity contribution in [1.29, 1.82) is 0 Å². The van der Waals surface area contributed by atoms with Gasteiger partial charge in [0.2, 0.25) is 0 Å². The Labute approximate surface area is 166 Å². The minimum absolute atomic E-state index is 0.